The number of carbonyl (C=O) groups is 1. The van der Waals surface area contributed by atoms with Gasteiger partial charge in [-0.05, 0) is 42.2 Å². The van der Waals surface area contributed by atoms with Gasteiger partial charge in [-0.1, -0.05) is 25.0 Å². The van der Waals surface area contributed by atoms with Crippen molar-refractivity contribution >= 4 is 29.2 Å². The highest BCUT2D eigenvalue weighted by atomic mass is 16.6. The molecule has 1 aromatic carbocycles. The number of rotatable bonds is 7. The van der Waals surface area contributed by atoms with Crippen molar-refractivity contribution in [1.82, 2.24) is 4.98 Å². The van der Waals surface area contributed by atoms with E-state index in [0.29, 0.717) is 17.8 Å². The van der Waals surface area contributed by atoms with Crippen LogP contribution in [0.2, 0.25) is 0 Å². The maximum absolute atomic E-state index is 11.5. The third-order valence-electron chi connectivity index (χ3n) is 5.05. The van der Waals surface area contributed by atoms with Crippen LogP contribution >= 0.6 is 0 Å². The Kier molecular flexibility index (Phi) is 7.37. The molecule has 0 saturated carbocycles. The lowest BCUT2D eigenvalue weighted by atomic mass is 10.1. The van der Waals surface area contributed by atoms with E-state index in [1.54, 1.807) is 12.1 Å². The minimum absolute atomic E-state index is 0.0591. The fourth-order valence-electron chi connectivity index (χ4n) is 3.39. The molecule has 2 aromatic rings. The fourth-order valence-corrected chi connectivity index (χ4v) is 3.39. The standard InChI is InChI=1S/C22H26N4O4/c1-30-22(27)11-8-17-6-9-19(20(14-17)26(28)29)23-15-18-7-10-21(24-16-18)25-12-4-2-3-5-13-25/h6-11,14,16,23H,2-5,12-13,15H2,1H3/b11-8+. The number of anilines is 2. The summed E-state index contributed by atoms with van der Waals surface area (Å²) < 4.78 is 4.53. The first kappa shape index (κ1) is 21.3. The molecule has 0 atom stereocenters. The van der Waals surface area contributed by atoms with Gasteiger partial charge in [-0.25, -0.2) is 9.78 Å². The van der Waals surface area contributed by atoms with E-state index >= 15 is 0 Å². The fraction of sp³-hybridized carbons (Fsp3) is 0.364. The van der Waals surface area contributed by atoms with Crippen LogP contribution in [0.25, 0.3) is 6.08 Å². The van der Waals surface area contributed by atoms with Gasteiger partial charge in [-0.2, -0.15) is 0 Å². The molecule has 1 N–H and O–H groups in total. The zero-order valence-corrected chi connectivity index (χ0v) is 17.0. The number of ether oxygens (including phenoxy) is 1. The van der Waals surface area contributed by atoms with Crippen LogP contribution in [0.15, 0.2) is 42.6 Å². The Balaban J connectivity index is 1.66. The van der Waals surface area contributed by atoms with Gasteiger partial charge in [-0.3, -0.25) is 10.1 Å². The number of benzene rings is 1. The van der Waals surface area contributed by atoms with E-state index in [2.05, 4.69) is 19.9 Å². The lowest BCUT2D eigenvalue weighted by molar-refractivity contribution is -0.384. The number of methoxy groups -OCH3 is 1. The number of hydrogen-bond donors (Lipinski definition) is 1. The van der Waals surface area contributed by atoms with E-state index in [0.717, 1.165) is 24.5 Å². The summed E-state index contributed by atoms with van der Waals surface area (Å²) in [6, 6.07) is 8.77. The third-order valence-corrected chi connectivity index (χ3v) is 5.05. The normalized spacial score (nSPS) is 14.4. The highest BCUT2D eigenvalue weighted by Gasteiger charge is 2.15. The summed E-state index contributed by atoms with van der Waals surface area (Å²) >= 11 is 0. The molecule has 0 amide bonds. The van der Waals surface area contributed by atoms with Crippen molar-refractivity contribution < 1.29 is 14.5 Å². The van der Waals surface area contributed by atoms with Crippen LogP contribution in [0.3, 0.4) is 0 Å². The average molecular weight is 410 g/mol. The van der Waals surface area contributed by atoms with Gasteiger partial charge in [0.25, 0.3) is 5.69 Å². The van der Waals surface area contributed by atoms with Gasteiger partial charge >= 0.3 is 5.97 Å². The molecule has 0 unspecified atom stereocenters. The number of hydrogen-bond acceptors (Lipinski definition) is 7. The maximum atomic E-state index is 11.5. The molecule has 2 heterocycles. The zero-order valence-electron chi connectivity index (χ0n) is 17.0. The molecule has 1 fully saturated rings. The van der Waals surface area contributed by atoms with Crippen LogP contribution in [-0.2, 0) is 16.1 Å². The van der Waals surface area contributed by atoms with Crippen LogP contribution < -0.4 is 10.2 Å². The minimum atomic E-state index is -0.518. The van der Waals surface area contributed by atoms with Gasteiger partial charge in [-0.15, -0.1) is 0 Å². The number of nitrogens with one attached hydrogen (secondary N) is 1. The van der Waals surface area contributed by atoms with E-state index in [4.69, 9.17) is 0 Å². The monoisotopic (exact) mass is 410 g/mol. The second-order valence-corrected chi connectivity index (χ2v) is 7.17. The van der Waals surface area contributed by atoms with Crippen LogP contribution in [-0.4, -0.2) is 36.1 Å². The predicted molar refractivity (Wildman–Crippen MR) is 116 cm³/mol. The second kappa shape index (κ2) is 10.4. The van der Waals surface area contributed by atoms with Crippen molar-refractivity contribution in [2.24, 2.45) is 0 Å². The van der Waals surface area contributed by atoms with Crippen molar-refractivity contribution in [3.63, 3.8) is 0 Å². The van der Waals surface area contributed by atoms with Crippen LogP contribution in [0.5, 0.6) is 0 Å². The number of esters is 1. The Labute approximate surface area is 175 Å². The first-order chi connectivity index (χ1) is 14.6. The SMILES string of the molecule is COC(=O)/C=C/c1ccc(NCc2ccc(N3CCCCCC3)nc2)c([N+](=O)[O-])c1. The van der Waals surface area contributed by atoms with E-state index in [1.165, 1.54) is 51.0 Å². The molecule has 1 aliphatic heterocycles. The minimum Gasteiger partial charge on any atom is -0.466 e. The summed E-state index contributed by atoms with van der Waals surface area (Å²) in [5.41, 5.74) is 1.83. The van der Waals surface area contributed by atoms with Crippen LogP contribution in [0.4, 0.5) is 17.2 Å². The third kappa shape index (κ3) is 5.79. The van der Waals surface area contributed by atoms with E-state index < -0.39 is 10.9 Å². The summed E-state index contributed by atoms with van der Waals surface area (Å²) in [6.07, 6.45) is 9.45. The number of carbonyl (C=O) groups excluding carboxylic acids is 1. The lowest BCUT2D eigenvalue weighted by Crippen LogP contribution is -2.24. The van der Waals surface area contributed by atoms with E-state index in [1.807, 2.05) is 18.3 Å². The van der Waals surface area contributed by atoms with Crippen molar-refractivity contribution in [2.45, 2.75) is 32.2 Å². The average Bonchev–Trinajstić information content (AvgIpc) is 3.06. The molecule has 3 rings (SSSR count). The molecule has 158 valence electrons. The molecular weight excluding hydrogens is 384 g/mol. The highest BCUT2D eigenvalue weighted by molar-refractivity contribution is 5.87. The lowest BCUT2D eigenvalue weighted by Gasteiger charge is -2.21. The van der Waals surface area contributed by atoms with Crippen LogP contribution in [0.1, 0.15) is 36.8 Å². The molecule has 30 heavy (non-hydrogen) atoms. The largest absolute Gasteiger partial charge is 0.466 e. The van der Waals surface area contributed by atoms with Gasteiger partial charge in [0.2, 0.25) is 0 Å². The van der Waals surface area contributed by atoms with Crippen molar-refractivity contribution in [3.8, 4) is 0 Å². The summed E-state index contributed by atoms with van der Waals surface area (Å²) in [4.78, 5) is 29.1. The quantitative estimate of drug-likeness (QED) is 0.317. The Morgan fingerprint density at radius 3 is 2.63 bits per heavy atom. The number of nitro benzene ring substituents is 1. The van der Waals surface area contributed by atoms with E-state index in [9.17, 15) is 14.9 Å². The Morgan fingerprint density at radius 2 is 2.00 bits per heavy atom. The molecule has 0 spiro atoms. The van der Waals surface area contributed by atoms with Gasteiger partial charge in [0.1, 0.15) is 11.5 Å². The topological polar surface area (TPSA) is 97.6 Å². The van der Waals surface area contributed by atoms with Gasteiger partial charge in [0.15, 0.2) is 0 Å². The van der Waals surface area contributed by atoms with E-state index in [-0.39, 0.29) is 5.69 Å². The number of nitro groups is 1. The first-order valence-corrected chi connectivity index (χ1v) is 10.0. The molecular formula is C22H26N4O4. The molecule has 8 heteroatoms. The van der Waals surface area contributed by atoms with Crippen molar-refractivity contribution in [3.05, 3.63) is 63.8 Å². The number of pyridine rings is 1. The molecule has 1 aromatic heterocycles. The number of aromatic nitrogens is 1. The number of nitrogens with zero attached hydrogens (tertiary/aromatic N) is 3. The Hall–Kier alpha value is -3.42. The second-order valence-electron chi connectivity index (χ2n) is 7.17. The summed E-state index contributed by atoms with van der Waals surface area (Å²) in [5.74, 6) is 0.462. The Bertz CT molecular complexity index is 904. The predicted octanol–water partition coefficient (Wildman–Crippen LogP) is 4.17. The smallest absolute Gasteiger partial charge is 0.330 e. The highest BCUT2D eigenvalue weighted by Crippen LogP contribution is 2.27. The molecule has 0 aliphatic carbocycles. The summed E-state index contributed by atoms with van der Waals surface area (Å²) in [7, 11) is 1.28. The zero-order chi connectivity index (χ0) is 21.3. The van der Waals surface area contributed by atoms with Gasteiger partial charge in [0, 0.05) is 38.0 Å². The van der Waals surface area contributed by atoms with Gasteiger partial charge in [0.05, 0.1) is 12.0 Å². The molecule has 1 saturated heterocycles. The van der Waals surface area contributed by atoms with Crippen LogP contribution in [0, 0.1) is 10.1 Å². The first-order valence-electron chi connectivity index (χ1n) is 10.0. The molecule has 8 nitrogen and oxygen atoms in total. The Morgan fingerprint density at radius 1 is 1.23 bits per heavy atom. The summed E-state index contributed by atoms with van der Waals surface area (Å²) in [5, 5.41) is 14.6. The molecule has 0 bridgehead atoms. The maximum Gasteiger partial charge on any atom is 0.330 e. The van der Waals surface area contributed by atoms with Crippen molar-refractivity contribution in [1.29, 1.82) is 0 Å². The molecule has 0 radical (unpaired) electrons. The van der Waals surface area contributed by atoms with Gasteiger partial charge < -0.3 is 15.0 Å². The molecule has 1 aliphatic rings. The van der Waals surface area contributed by atoms with Crippen molar-refractivity contribution in [2.75, 3.05) is 30.4 Å². The summed E-state index contributed by atoms with van der Waals surface area (Å²) in [6.45, 7) is 2.49.